The van der Waals surface area contributed by atoms with Gasteiger partial charge in [0.15, 0.2) is 0 Å². The van der Waals surface area contributed by atoms with Crippen molar-refractivity contribution in [3.8, 4) is 0 Å². The van der Waals surface area contributed by atoms with Crippen LogP contribution in [0.5, 0.6) is 0 Å². The molecule has 0 saturated heterocycles. The molecule has 7 heteroatoms. The Morgan fingerprint density at radius 1 is 1.38 bits per heavy atom. The number of imidazole rings is 1. The Hall–Kier alpha value is -1.56. The first-order valence-corrected chi connectivity index (χ1v) is 7.02. The van der Waals surface area contributed by atoms with Crippen LogP contribution in [-0.4, -0.2) is 28.7 Å². The van der Waals surface area contributed by atoms with Crippen LogP contribution in [-0.2, 0) is 22.5 Å². The fourth-order valence-corrected chi connectivity index (χ4v) is 2.59. The molecule has 1 aromatic heterocycles. The summed E-state index contributed by atoms with van der Waals surface area (Å²) in [7, 11) is 1.31. The van der Waals surface area contributed by atoms with Crippen LogP contribution < -0.4 is 5.73 Å². The van der Waals surface area contributed by atoms with Gasteiger partial charge in [0.05, 0.1) is 13.4 Å². The van der Waals surface area contributed by atoms with Crippen LogP contribution in [0.15, 0.2) is 30.7 Å². The highest BCUT2D eigenvalue weighted by atomic mass is 35.5. The summed E-state index contributed by atoms with van der Waals surface area (Å²) in [6.07, 6.45) is 3.70. The molecule has 0 spiro atoms. The van der Waals surface area contributed by atoms with E-state index in [1.54, 1.807) is 18.6 Å². The van der Waals surface area contributed by atoms with Crippen molar-refractivity contribution in [3.63, 3.8) is 0 Å². The third kappa shape index (κ3) is 4.20. The van der Waals surface area contributed by atoms with E-state index in [0.29, 0.717) is 23.0 Å². The molecule has 1 atom stereocenters. The van der Waals surface area contributed by atoms with Crippen molar-refractivity contribution in [2.24, 2.45) is 5.73 Å². The Morgan fingerprint density at radius 3 is 2.67 bits per heavy atom. The zero-order chi connectivity index (χ0) is 15.4. The van der Waals surface area contributed by atoms with E-state index in [2.05, 4.69) is 9.72 Å². The van der Waals surface area contributed by atoms with Gasteiger partial charge in [0.2, 0.25) is 0 Å². The maximum atomic E-state index is 11.4. The topological polar surface area (TPSA) is 70.1 Å². The number of hydrogen-bond acceptors (Lipinski definition) is 4. The summed E-state index contributed by atoms with van der Waals surface area (Å²) >= 11 is 12.0. The SMILES string of the molecule is COC(=O)[C@@H](N)Cc1cncn1Cc1cc(Cl)cc(Cl)c1. The first-order valence-electron chi connectivity index (χ1n) is 6.27. The van der Waals surface area contributed by atoms with Gasteiger partial charge >= 0.3 is 5.97 Å². The fourth-order valence-electron chi connectivity index (χ4n) is 2.02. The summed E-state index contributed by atoms with van der Waals surface area (Å²) in [5, 5.41) is 1.15. The van der Waals surface area contributed by atoms with Gasteiger partial charge in [0.25, 0.3) is 0 Å². The molecule has 0 bridgehead atoms. The van der Waals surface area contributed by atoms with Gasteiger partial charge in [-0.15, -0.1) is 0 Å². The summed E-state index contributed by atoms with van der Waals surface area (Å²) in [5.41, 5.74) is 7.55. The van der Waals surface area contributed by atoms with E-state index in [4.69, 9.17) is 28.9 Å². The van der Waals surface area contributed by atoms with Gasteiger partial charge in [-0.1, -0.05) is 23.2 Å². The normalized spacial score (nSPS) is 12.2. The second-order valence-electron chi connectivity index (χ2n) is 4.62. The molecule has 2 aromatic rings. The Bertz CT molecular complexity index is 623. The van der Waals surface area contributed by atoms with Crippen molar-refractivity contribution in [2.75, 3.05) is 7.11 Å². The molecule has 0 aliphatic carbocycles. The number of aromatic nitrogens is 2. The number of ether oxygens (including phenoxy) is 1. The van der Waals surface area contributed by atoms with E-state index in [-0.39, 0.29) is 0 Å². The van der Waals surface area contributed by atoms with Gasteiger partial charge in [-0.2, -0.15) is 0 Å². The number of halogens is 2. The minimum absolute atomic E-state index is 0.348. The first kappa shape index (κ1) is 15.8. The zero-order valence-electron chi connectivity index (χ0n) is 11.4. The van der Waals surface area contributed by atoms with E-state index in [9.17, 15) is 4.79 Å². The summed E-state index contributed by atoms with van der Waals surface area (Å²) in [4.78, 5) is 15.5. The van der Waals surface area contributed by atoms with E-state index < -0.39 is 12.0 Å². The molecule has 0 aliphatic heterocycles. The molecule has 2 N–H and O–H groups in total. The smallest absolute Gasteiger partial charge is 0.323 e. The van der Waals surface area contributed by atoms with Crippen LogP contribution in [0.4, 0.5) is 0 Å². The first-order chi connectivity index (χ1) is 9.99. The molecule has 2 rings (SSSR count). The molecule has 112 valence electrons. The molecule has 1 aromatic carbocycles. The van der Waals surface area contributed by atoms with Crippen molar-refractivity contribution >= 4 is 29.2 Å². The molecular formula is C14H15Cl2N3O2. The second-order valence-corrected chi connectivity index (χ2v) is 5.50. The zero-order valence-corrected chi connectivity index (χ0v) is 12.9. The number of methoxy groups -OCH3 is 1. The summed E-state index contributed by atoms with van der Waals surface area (Å²) < 4.78 is 6.52. The monoisotopic (exact) mass is 327 g/mol. The quantitative estimate of drug-likeness (QED) is 0.855. The predicted octanol–water partition coefficient (Wildman–Crippen LogP) is 2.28. The van der Waals surface area contributed by atoms with Crippen LogP contribution in [0, 0.1) is 0 Å². The van der Waals surface area contributed by atoms with E-state index in [1.807, 2.05) is 16.7 Å². The number of benzene rings is 1. The maximum absolute atomic E-state index is 11.4. The molecule has 1 heterocycles. The summed E-state index contributed by atoms with van der Waals surface area (Å²) in [5.74, 6) is -0.450. The third-order valence-corrected chi connectivity index (χ3v) is 3.44. The lowest BCUT2D eigenvalue weighted by atomic mass is 10.1. The van der Waals surface area contributed by atoms with Gasteiger partial charge in [-0.25, -0.2) is 4.98 Å². The number of nitrogens with zero attached hydrogens (tertiary/aromatic N) is 2. The Balaban J connectivity index is 2.15. The number of hydrogen-bond donors (Lipinski definition) is 1. The average molecular weight is 328 g/mol. The summed E-state index contributed by atoms with van der Waals surface area (Å²) in [6, 6.07) is 4.62. The van der Waals surface area contributed by atoms with Crippen molar-refractivity contribution in [3.05, 3.63) is 52.0 Å². The largest absolute Gasteiger partial charge is 0.468 e. The van der Waals surface area contributed by atoms with Crippen molar-refractivity contribution in [1.82, 2.24) is 9.55 Å². The van der Waals surface area contributed by atoms with Gasteiger partial charge in [0.1, 0.15) is 6.04 Å². The summed E-state index contributed by atoms with van der Waals surface area (Å²) in [6.45, 7) is 0.545. The van der Waals surface area contributed by atoms with Crippen molar-refractivity contribution in [1.29, 1.82) is 0 Å². The molecule has 0 saturated carbocycles. The number of carbonyl (C=O) groups is 1. The molecule has 21 heavy (non-hydrogen) atoms. The lowest BCUT2D eigenvalue weighted by Crippen LogP contribution is -2.34. The fraction of sp³-hybridized carbons (Fsp3) is 0.286. The lowest BCUT2D eigenvalue weighted by molar-refractivity contribution is -0.142. The van der Waals surface area contributed by atoms with Gasteiger partial charge in [-0.05, 0) is 23.8 Å². The average Bonchev–Trinajstić information content (AvgIpc) is 2.83. The van der Waals surface area contributed by atoms with Gasteiger partial charge in [-0.3, -0.25) is 4.79 Å². The van der Waals surface area contributed by atoms with Crippen LogP contribution in [0.25, 0.3) is 0 Å². The minimum atomic E-state index is -0.714. The molecule has 0 aliphatic rings. The number of nitrogens with two attached hydrogens (primary N) is 1. The van der Waals surface area contributed by atoms with Gasteiger partial charge < -0.3 is 15.0 Å². The second kappa shape index (κ2) is 6.93. The molecule has 0 radical (unpaired) electrons. The highest BCUT2D eigenvalue weighted by Gasteiger charge is 2.16. The minimum Gasteiger partial charge on any atom is -0.468 e. The Labute approximate surface area is 132 Å². The van der Waals surface area contributed by atoms with E-state index in [0.717, 1.165) is 11.3 Å². The predicted molar refractivity (Wildman–Crippen MR) is 81.5 cm³/mol. The van der Waals surface area contributed by atoms with Crippen LogP contribution in [0.1, 0.15) is 11.3 Å². The third-order valence-electron chi connectivity index (χ3n) is 3.01. The molecular weight excluding hydrogens is 313 g/mol. The molecule has 0 amide bonds. The molecule has 0 fully saturated rings. The number of carbonyl (C=O) groups excluding carboxylic acids is 1. The van der Waals surface area contributed by atoms with Gasteiger partial charge in [0, 0.05) is 34.9 Å². The Morgan fingerprint density at radius 2 is 2.05 bits per heavy atom. The van der Waals surface area contributed by atoms with E-state index in [1.165, 1.54) is 7.11 Å². The van der Waals surface area contributed by atoms with E-state index >= 15 is 0 Å². The van der Waals surface area contributed by atoms with Crippen LogP contribution in [0.3, 0.4) is 0 Å². The maximum Gasteiger partial charge on any atom is 0.323 e. The molecule has 0 unspecified atom stereocenters. The highest BCUT2D eigenvalue weighted by Crippen LogP contribution is 2.20. The van der Waals surface area contributed by atoms with Crippen LogP contribution >= 0.6 is 23.2 Å². The Kier molecular flexibility index (Phi) is 5.22. The standard InChI is InChI=1S/C14H15Cl2N3O2/c1-21-14(20)13(17)5-12-6-18-8-19(12)7-9-2-10(15)4-11(16)3-9/h2-4,6,8,13H,5,7,17H2,1H3/t13-/m0/s1. The highest BCUT2D eigenvalue weighted by molar-refractivity contribution is 6.34. The lowest BCUT2D eigenvalue weighted by Gasteiger charge is -2.12. The van der Waals surface area contributed by atoms with Crippen LogP contribution in [0.2, 0.25) is 10.0 Å². The van der Waals surface area contributed by atoms with Crippen molar-refractivity contribution < 1.29 is 9.53 Å². The molecule has 5 nitrogen and oxygen atoms in total. The van der Waals surface area contributed by atoms with Crippen molar-refractivity contribution in [2.45, 2.75) is 19.0 Å². The number of rotatable bonds is 5. The number of esters is 1.